The largest absolute Gasteiger partial charge is 0.393 e. The monoisotopic (exact) mass is 522 g/mol. The lowest BCUT2D eigenvalue weighted by Crippen LogP contribution is -2.23. The highest BCUT2D eigenvalue weighted by atomic mass is 127. The van der Waals surface area contributed by atoms with Crippen LogP contribution in [0.1, 0.15) is 33.8 Å². The van der Waals surface area contributed by atoms with E-state index >= 15 is 0 Å². The van der Waals surface area contributed by atoms with Crippen molar-refractivity contribution in [2.45, 2.75) is 40.6 Å². The van der Waals surface area contributed by atoms with Gasteiger partial charge < -0.3 is 5.11 Å². The van der Waals surface area contributed by atoms with Crippen molar-refractivity contribution < 1.29 is 18.7 Å². The molecule has 0 radical (unpaired) electrons. The smallest absolute Gasteiger partial charge is 0.160 e. The standard InChI is InChI=1S/C20H21F2IO2S2/c21-12-6-13(22)8-16(7-12)26-11-18-17(19(23)9-20(18)25)3-1-2-14-4-5-15(10-24)27-14/h4-8,10,17-20,25H,1-3,9,11H2/t17-,18-,19-,20-/m1/s1. The number of carbonyl (C=O) groups excluding carboxylic acids is 1. The first-order valence-electron chi connectivity index (χ1n) is 8.91. The lowest BCUT2D eigenvalue weighted by atomic mass is 9.91. The number of benzene rings is 1. The second-order valence-electron chi connectivity index (χ2n) is 6.88. The number of thioether (sulfide) groups is 1. The van der Waals surface area contributed by atoms with Crippen LogP contribution in [0.3, 0.4) is 0 Å². The van der Waals surface area contributed by atoms with Crippen LogP contribution >= 0.6 is 45.7 Å². The maximum atomic E-state index is 13.4. The van der Waals surface area contributed by atoms with Gasteiger partial charge in [-0.25, -0.2) is 8.78 Å². The molecule has 1 aromatic heterocycles. The van der Waals surface area contributed by atoms with Crippen molar-refractivity contribution in [1.29, 1.82) is 0 Å². The Morgan fingerprint density at radius 1 is 1.22 bits per heavy atom. The SMILES string of the molecule is O=Cc1ccc(CCC[C@@H]2[C@@H](CSc3cc(F)cc(F)c3)[C@H](O)C[C@H]2I)s1. The number of alkyl halides is 1. The number of aryl methyl sites for hydroxylation is 1. The zero-order chi connectivity index (χ0) is 19.4. The molecule has 0 amide bonds. The van der Waals surface area contributed by atoms with Crippen molar-refractivity contribution in [2.75, 3.05) is 5.75 Å². The molecule has 1 saturated carbocycles. The van der Waals surface area contributed by atoms with Gasteiger partial charge >= 0.3 is 0 Å². The fraction of sp³-hybridized carbons (Fsp3) is 0.450. The van der Waals surface area contributed by atoms with E-state index < -0.39 is 11.6 Å². The first kappa shape index (κ1) is 21.2. The van der Waals surface area contributed by atoms with Crippen molar-refractivity contribution in [2.24, 2.45) is 11.8 Å². The topological polar surface area (TPSA) is 37.3 Å². The Labute approximate surface area is 179 Å². The fourth-order valence-electron chi connectivity index (χ4n) is 3.67. The predicted octanol–water partition coefficient (Wildman–Crippen LogP) is 5.75. The Bertz CT molecular complexity index is 763. The summed E-state index contributed by atoms with van der Waals surface area (Å²) in [4.78, 5) is 13.3. The number of aldehydes is 1. The van der Waals surface area contributed by atoms with E-state index in [1.54, 1.807) is 0 Å². The molecule has 2 aromatic rings. The van der Waals surface area contributed by atoms with Gasteiger partial charge in [-0.05, 0) is 61.8 Å². The summed E-state index contributed by atoms with van der Waals surface area (Å²) >= 11 is 5.37. The summed E-state index contributed by atoms with van der Waals surface area (Å²) in [5.41, 5.74) is 0. The van der Waals surface area contributed by atoms with Gasteiger partial charge in [0.05, 0.1) is 11.0 Å². The van der Waals surface area contributed by atoms with Crippen LogP contribution in [0.4, 0.5) is 8.78 Å². The van der Waals surface area contributed by atoms with Crippen molar-refractivity contribution >= 4 is 52.0 Å². The van der Waals surface area contributed by atoms with Gasteiger partial charge in [-0.2, -0.15) is 0 Å². The molecule has 0 spiro atoms. The maximum Gasteiger partial charge on any atom is 0.160 e. The summed E-state index contributed by atoms with van der Waals surface area (Å²) in [6.07, 6.45) is 4.22. The lowest BCUT2D eigenvalue weighted by Gasteiger charge is -2.23. The molecule has 0 unspecified atom stereocenters. The third kappa shape index (κ3) is 5.74. The average molecular weight is 522 g/mol. The Hall–Kier alpha value is -0.510. The molecule has 2 nitrogen and oxygen atoms in total. The van der Waals surface area contributed by atoms with Crippen molar-refractivity contribution in [1.82, 2.24) is 0 Å². The molecule has 0 saturated heterocycles. The molecule has 1 N–H and O–H groups in total. The molecular weight excluding hydrogens is 501 g/mol. The summed E-state index contributed by atoms with van der Waals surface area (Å²) in [7, 11) is 0. The lowest BCUT2D eigenvalue weighted by molar-refractivity contribution is 0.112. The predicted molar refractivity (Wildman–Crippen MR) is 115 cm³/mol. The molecule has 1 aliphatic rings. The number of hydrogen-bond acceptors (Lipinski definition) is 4. The average Bonchev–Trinajstić information content (AvgIpc) is 3.17. The number of carbonyl (C=O) groups is 1. The molecule has 3 rings (SSSR count). The Balaban J connectivity index is 1.56. The van der Waals surface area contributed by atoms with Crippen LogP contribution in [0.5, 0.6) is 0 Å². The van der Waals surface area contributed by atoms with Crippen LogP contribution in [-0.2, 0) is 6.42 Å². The molecular formula is C20H21F2IO2S2. The molecule has 1 aliphatic carbocycles. The number of rotatable bonds is 8. The first-order chi connectivity index (χ1) is 13.0. The van der Waals surface area contributed by atoms with E-state index in [9.17, 15) is 18.7 Å². The molecule has 4 atom stereocenters. The molecule has 0 aliphatic heterocycles. The van der Waals surface area contributed by atoms with Gasteiger partial charge in [0, 0.05) is 25.5 Å². The van der Waals surface area contributed by atoms with Crippen LogP contribution in [0.15, 0.2) is 35.2 Å². The van der Waals surface area contributed by atoms with E-state index in [2.05, 4.69) is 22.6 Å². The van der Waals surface area contributed by atoms with Gasteiger partial charge in [0.1, 0.15) is 11.6 Å². The van der Waals surface area contributed by atoms with Crippen LogP contribution in [-0.4, -0.2) is 27.2 Å². The van der Waals surface area contributed by atoms with E-state index in [1.165, 1.54) is 40.1 Å². The summed E-state index contributed by atoms with van der Waals surface area (Å²) in [6, 6.07) is 7.41. The summed E-state index contributed by atoms with van der Waals surface area (Å²) in [5, 5.41) is 10.5. The van der Waals surface area contributed by atoms with Crippen LogP contribution in [0, 0.1) is 23.5 Å². The van der Waals surface area contributed by atoms with Crippen LogP contribution in [0.25, 0.3) is 0 Å². The van der Waals surface area contributed by atoms with Gasteiger partial charge in [-0.1, -0.05) is 22.6 Å². The molecule has 146 valence electrons. The molecule has 0 bridgehead atoms. The highest BCUT2D eigenvalue weighted by molar-refractivity contribution is 14.1. The van der Waals surface area contributed by atoms with Crippen LogP contribution < -0.4 is 0 Å². The summed E-state index contributed by atoms with van der Waals surface area (Å²) in [6.45, 7) is 0. The van der Waals surface area contributed by atoms with Crippen molar-refractivity contribution in [3.63, 3.8) is 0 Å². The quantitative estimate of drug-likeness (QED) is 0.208. The van der Waals surface area contributed by atoms with E-state index in [0.29, 0.717) is 20.5 Å². The van der Waals surface area contributed by atoms with Gasteiger partial charge in [0.25, 0.3) is 0 Å². The van der Waals surface area contributed by atoms with Crippen molar-refractivity contribution in [3.05, 3.63) is 51.7 Å². The second kappa shape index (κ2) is 9.80. The normalized spacial score (nSPS) is 25.0. The van der Waals surface area contributed by atoms with Gasteiger partial charge in [0.2, 0.25) is 0 Å². The van der Waals surface area contributed by atoms with Gasteiger partial charge in [0.15, 0.2) is 6.29 Å². The Morgan fingerprint density at radius 2 is 1.96 bits per heavy atom. The molecule has 1 heterocycles. The third-order valence-electron chi connectivity index (χ3n) is 5.01. The van der Waals surface area contributed by atoms with Crippen molar-refractivity contribution in [3.8, 4) is 0 Å². The molecule has 1 fully saturated rings. The number of thiophene rings is 1. The minimum absolute atomic E-state index is 0.122. The number of aliphatic hydroxyl groups excluding tert-OH is 1. The Morgan fingerprint density at radius 3 is 2.63 bits per heavy atom. The minimum atomic E-state index is -0.571. The maximum absolute atomic E-state index is 13.4. The molecule has 27 heavy (non-hydrogen) atoms. The summed E-state index contributed by atoms with van der Waals surface area (Å²) < 4.78 is 27.2. The minimum Gasteiger partial charge on any atom is -0.393 e. The zero-order valence-electron chi connectivity index (χ0n) is 14.6. The van der Waals surface area contributed by atoms with E-state index in [4.69, 9.17) is 0 Å². The Kier molecular flexibility index (Phi) is 7.70. The number of halogens is 3. The van der Waals surface area contributed by atoms with E-state index in [0.717, 1.165) is 42.9 Å². The number of hydrogen-bond donors (Lipinski definition) is 1. The van der Waals surface area contributed by atoms with E-state index in [1.807, 2.05) is 12.1 Å². The third-order valence-corrected chi connectivity index (χ3v) is 8.64. The summed E-state index contributed by atoms with van der Waals surface area (Å²) in [5.74, 6) is 0.0219. The van der Waals surface area contributed by atoms with Gasteiger partial charge in [-0.3, -0.25) is 4.79 Å². The molecule has 7 heteroatoms. The van der Waals surface area contributed by atoms with E-state index in [-0.39, 0.29) is 12.0 Å². The van der Waals surface area contributed by atoms with Crippen LogP contribution in [0.2, 0.25) is 0 Å². The molecule has 1 aromatic carbocycles. The zero-order valence-corrected chi connectivity index (χ0v) is 18.4. The highest BCUT2D eigenvalue weighted by Gasteiger charge is 2.40. The number of aliphatic hydroxyl groups is 1. The van der Waals surface area contributed by atoms with Gasteiger partial charge in [-0.15, -0.1) is 23.1 Å². The fourth-order valence-corrected chi connectivity index (χ4v) is 7.20. The highest BCUT2D eigenvalue weighted by Crippen LogP contribution is 2.43. The second-order valence-corrected chi connectivity index (χ2v) is 10.8. The first-order valence-corrected chi connectivity index (χ1v) is 12.0.